The first-order chi connectivity index (χ1) is 9.10. The van der Waals surface area contributed by atoms with E-state index in [1.165, 1.54) is 32.2 Å². The van der Waals surface area contributed by atoms with E-state index < -0.39 is 0 Å². The van der Waals surface area contributed by atoms with Gasteiger partial charge in [-0.3, -0.25) is 4.90 Å². The van der Waals surface area contributed by atoms with Gasteiger partial charge in [0.25, 0.3) is 0 Å². The highest BCUT2D eigenvalue weighted by atomic mass is 16.3. The fourth-order valence-electron chi connectivity index (χ4n) is 3.32. The Bertz CT molecular complexity index is 265. The molecule has 0 aromatic heterocycles. The van der Waals surface area contributed by atoms with Crippen molar-refractivity contribution in [3.8, 4) is 0 Å². The third-order valence-electron chi connectivity index (χ3n) is 5.33. The van der Waals surface area contributed by atoms with E-state index in [4.69, 9.17) is 0 Å². The van der Waals surface area contributed by atoms with Gasteiger partial charge in [0.05, 0.1) is 6.10 Å². The zero-order chi connectivity index (χ0) is 13.8. The standard InChI is InChI=1S/C16H32N2O/c1-4-12(2)18-10-15(13(3)19)8-16(11-18)17-9-14-6-5-7-14/h12-17,19H,4-11H2,1-3H3. The number of rotatable bonds is 6. The van der Waals surface area contributed by atoms with Crippen LogP contribution in [0, 0.1) is 11.8 Å². The Morgan fingerprint density at radius 3 is 2.53 bits per heavy atom. The molecule has 1 aliphatic heterocycles. The highest BCUT2D eigenvalue weighted by molar-refractivity contribution is 4.88. The molecule has 2 N–H and O–H groups in total. The molecule has 2 fully saturated rings. The van der Waals surface area contributed by atoms with E-state index in [-0.39, 0.29) is 6.10 Å². The number of likely N-dealkylation sites (tertiary alicyclic amines) is 1. The van der Waals surface area contributed by atoms with E-state index in [1.807, 2.05) is 6.92 Å². The Kier molecular flexibility index (Phi) is 5.67. The van der Waals surface area contributed by atoms with Gasteiger partial charge >= 0.3 is 0 Å². The molecule has 112 valence electrons. The van der Waals surface area contributed by atoms with Gasteiger partial charge in [-0.05, 0) is 57.9 Å². The molecule has 4 unspecified atom stereocenters. The SMILES string of the molecule is CCC(C)N1CC(NCC2CCC2)CC(C(C)O)C1. The van der Waals surface area contributed by atoms with Gasteiger partial charge in [0, 0.05) is 25.2 Å². The van der Waals surface area contributed by atoms with Crippen LogP contribution >= 0.6 is 0 Å². The summed E-state index contributed by atoms with van der Waals surface area (Å²) in [5.41, 5.74) is 0. The van der Waals surface area contributed by atoms with Crippen LogP contribution < -0.4 is 5.32 Å². The lowest BCUT2D eigenvalue weighted by molar-refractivity contribution is 0.0302. The van der Waals surface area contributed by atoms with Gasteiger partial charge in [0.1, 0.15) is 0 Å². The molecule has 0 amide bonds. The van der Waals surface area contributed by atoms with Crippen LogP contribution in [0.15, 0.2) is 0 Å². The van der Waals surface area contributed by atoms with E-state index in [1.54, 1.807) is 0 Å². The smallest absolute Gasteiger partial charge is 0.0553 e. The number of hydrogen-bond acceptors (Lipinski definition) is 3. The Hall–Kier alpha value is -0.120. The highest BCUT2D eigenvalue weighted by Crippen LogP contribution is 2.27. The van der Waals surface area contributed by atoms with Crippen LogP contribution in [-0.4, -0.2) is 47.8 Å². The van der Waals surface area contributed by atoms with Gasteiger partial charge < -0.3 is 10.4 Å². The largest absolute Gasteiger partial charge is 0.393 e. The maximum atomic E-state index is 9.95. The molecule has 1 aliphatic carbocycles. The summed E-state index contributed by atoms with van der Waals surface area (Å²) in [7, 11) is 0. The molecule has 0 radical (unpaired) electrons. The van der Waals surface area contributed by atoms with Crippen LogP contribution in [0.3, 0.4) is 0 Å². The van der Waals surface area contributed by atoms with Gasteiger partial charge in [-0.1, -0.05) is 13.3 Å². The van der Waals surface area contributed by atoms with Gasteiger partial charge in [-0.25, -0.2) is 0 Å². The molecule has 0 aromatic rings. The lowest BCUT2D eigenvalue weighted by Gasteiger charge is -2.42. The van der Waals surface area contributed by atoms with E-state index in [9.17, 15) is 5.11 Å². The summed E-state index contributed by atoms with van der Waals surface area (Å²) in [5.74, 6) is 1.35. The number of aliphatic hydroxyl groups is 1. The highest BCUT2D eigenvalue weighted by Gasteiger charge is 2.32. The second kappa shape index (κ2) is 7.05. The number of piperidine rings is 1. The first kappa shape index (κ1) is 15.3. The topological polar surface area (TPSA) is 35.5 Å². The molecule has 0 aromatic carbocycles. The van der Waals surface area contributed by atoms with Crippen molar-refractivity contribution in [3.63, 3.8) is 0 Å². The minimum Gasteiger partial charge on any atom is -0.393 e. The first-order valence-electron chi connectivity index (χ1n) is 8.25. The fraction of sp³-hybridized carbons (Fsp3) is 1.00. The zero-order valence-electron chi connectivity index (χ0n) is 12.9. The fourth-order valence-corrected chi connectivity index (χ4v) is 3.32. The third-order valence-corrected chi connectivity index (χ3v) is 5.33. The zero-order valence-corrected chi connectivity index (χ0v) is 12.9. The lowest BCUT2D eigenvalue weighted by Crippen LogP contribution is -2.54. The number of nitrogens with zero attached hydrogens (tertiary/aromatic N) is 1. The van der Waals surface area contributed by atoms with Crippen molar-refractivity contribution in [1.29, 1.82) is 0 Å². The van der Waals surface area contributed by atoms with Crippen molar-refractivity contribution >= 4 is 0 Å². The molecule has 0 bridgehead atoms. The van der Waals surface area contributed by atoms with E-state index >= 15 is 0 Å². The number of aliphatic hydroxyl groups excluding tert-OH is 1. The molecule has 3 heteroatoms. The monoisotopic (exact) mass is 268 g/mol. The lowest BCUT2D eigenvalue weighted by atomic mass is 9.84. The Balaban J connectivity index is 1.85. The van der Waals surface area contributed by atoms with Crippen LogP contribution in [0.4, 0.5) is 0 Å². The molecule has 19 heavy (non-hydrogen) atoms. The van der Waals surface area contributed by atoms with Gasteiger partial charge in [-0.15, -0.1) is 0 Å². The number of nitrogens with one attached hydrogen (secondary N) is 1. The van der Waals surface area contributed by atoms with Gasteiger partial charge in [-0.2, -0.15) is 0 Å². The molecule has 2 aliphatic rings. The molecule has 1 heterocycles. The molecule has 3 nitrogen and oxygen atoms in total. The average molecular weight is 268 g/mol. The summed E-state index contributed by atoms with van der Waals surface area (Å²) in [6.45, 7) is 9.93. The molecule has 0 spiro atoms. The minimum atomic E-state index is -0.181. The van der Waals surface area contributed by atoms with Crippen molar-refractivity contribution in [2.75, 3.05) is 19.6 Å². The minimum absolute atomic E-state index is 0.181. The summed E-state index contributed by atoms with van der Waals surface area (Å²) in [5, 5.41) is 13.7. The molecule has 4 atom stereocenters. The van der Waals surface area contributed by atoms with E-state index in [0.717, 1.165) is 25.4 Å². The molecule has 1 saturated heterocycles. The van der Waals surface area contributed by atoms with Crippen LogP contribution in [-0.2, 0) is 0 Å². The summed E-state index contributed by atoms with van der Waals surface area (Å²) in [4.78, 5) is 2.57. The average Bonchev–Trinajstić information content (AvgIpc) is 2.35. The Morgan fingerprint density at radius 1 is 1.26 bits per heavy atom. The van der Waals surface area contributed by atoms with Gasteiger partial charge in [0.2, 0.25) is 0 Å². The van der Waals surface area contributed by atoms with Crippen LogP contribution in [0.25, 0.3) is 0 Å². The maximum absolute atomic E-state index is 9.95. The predicted octanol–water partition coefficient (Wildman–Crippen LogP) is 2.25. The van der Waals surface area contributed by atoms with E-state index in [2.05, 4.69) is 24.1 Å². The van der Waals surface area contributed by atoms with Crippen molar-refractivity contribution < 1.29 is 5.11 Å². The second-order valence-corrected chi connectivity index (χ2v) is 6.85. The second-order valence-electron chi connectivity index (χ2n) is 6.85. The maximum Gasteiger partial charge on any atom is 0.0553 e. The molecule has 2 rings (SSSR count). The summed E-state index contributed by atoms with van der Waals surface area (Å²) < 4.78 is 0. The van der Waals surface area contributed by atoms with Crippen LogP contribution in [0.1, 0.15) is 52.9 Å². The third kappa shape index (κ3) is 4.17. The Morgan fingerprint density at radius 2 is 2.00 bits per heavy atom. The molecular formula is C16H32N2O. The molecular weight excluding hydrogens is 236 g/mol. The Labute approximate surface area is 118 Å². The summed E-state index contributed by atoms with van der Waals surface area (Å²) >= 11 is 0. The quantitative estimate of drug-likeness (QED) is 0.775. The first-order valence-corrected chi connectivity index (χ1v) is 8.25. The summed E-state index contributed by atoms with van der Waals surface area (Å²) in [6, 6.07) is 1.21. The van der Waals surface area contributed by atoms with E-state index in [0.29, 0.717) is 18.0 Å². The number of hydrogen-bond donors (Lipinski definition) is 2. The van der Waals surface area contributed by atoms with Crippen molar-refractivity contribution in [3.05, 3.63) is 0 Å². The van der Waals surface area contributed by atoms with Crippen molar-refractivity contribution in [1.82, 2.24) is 10.2 Å². The van der Waals surface area contributed by atoms with Gasteiger partial charge in [0.15, 0.2) is 0 Å². The normalized spacial score (nSPS) is 32.8. The summed E-state index contributed by atoms with van der Waals surface area (Å²) in [6.07, 6.45) is 6.40. The van der Waals surface area contributed by atoms with Crippen LogP contribution in [0.5, 0.6) is 0 Å². The van der Waals surface area contributed by atoms with Crippen LogP contribution in [0.2, 0.25) is 0 Å². The van der Waals surface area contributed by atoms with Crippen molar-refractivity contribution in [2.24, 2.45) is 11.8 Å². The predicted molar refractivity (Wildman–Crippen MR) is 80.2 cm³/mol. The van der Waals surface area contributed by atoms with Crippen molar-refractivity contribution in [2.45, 2.75) is 71.1 Å². The molecule has 1 saturated carbocycles.